The summed E-state index contributed by atoms with van der Waals surface area (Å²) in [5, 5.41) is 2.81. The van der Waals surface area contributed by atoms with Gasteiger partial charge in [0.15, 0.2) is 0 Å². The monoisotopic (exact) mass is 361 g/mol. The number of hydrogen-bond acceptors (Lipinski definition) is 4. The SMILES string of the molecule is COC(=O)c1cccc(NC(=O)c2ccccc2COc2ccccc2)c1. The summed E-state index contributed by atoms with van der Waals surface area (Å²) in [7, 11) is 1.32. The Balaban J connectivity index is 1.74. The molecule has 3 aromatic carbocycles. The second kappa shape index (κ2) is 8.67. The minimum atomic E-state index is -0.456. The summed E-state index contributed by atoms with van der Waals surface area (Å²) < 4.78 is 10.5. The van der Waals surface area contributed by atoms with E-state index in [-0.39, 0.29) is 12.5 Å². The number of carbonyl (C=O) groups excluding carboxylic acids is 2. The van der Waals surface area contributed by atoms with Crippen LogP contribution < -0.4 is 10.1 Å². The third-order valence-electron chi connectivity index (χ3n) is 3.94. The Kier molecular flexibility index (Phi) is 5.84. The number of benzene rings is 3. The molecule has 0 unspecified atom stereocenters. The van der Waals surface area contributed by atoms with Crippen LogP contribution in [-0.4, -0.2) is 19.0 Å². The number of esters is 1. The topological polar surface area (TPSA) is 64.6 Å². The van der Waals surface area contributed by atoms with Gasteiger partial charge in [-0.05, 0) is 36.4 Å². The summed E-state index contributed by atoms with van der Waals surface area (Å²) in [5.41, 5.74) is 2.16. The number of hydrogen-bond donors (Lipinski definition) is 1. The minimum absolute atomic E-state index is 0.274. The van der Waals surface area contributed by atoms with Gasteiger partial charge in [-0.3, -0.25) is 4.79 Å². The Morgan fingerprint density at radius 1 is 0.889 bits per heavy atom. The van der Waals surface area contributed by atoms with Crippen molar-refractivity contribution in [3.63, 3.8) is 0 Å². The van der Waals surface area contributed by atoms with Crippen LogP contribution in [0.4, 0.5) is 5.69 Å². The fraction of sp³-hybridized carbons (Fsp3) is 0.0909. The van der Waals surface area contributed by atoms with E-state index in [1.807, 2.05) is 42.5 Å². The lowest BCUT2D eigenvalue weighted by molar-refractivity contribution is 0.0600. The number of methoxy groups -OCH3 is 1. The van der Waals surface area contributed by atoms with E-state index in [1.54, 1.807) is 36.4 Å². The first-order chi connectivity index (χ1) is 13.2. The highest BCUT2D eigenvalue weighted by Gasteiger charge is 2.13. The first kappa shape index (κ1) is 18.2. The standard InChI is InChI=1S/C22H19NO4/c1-26-22(25)16-9-7-10-18(14-16)23-21(24)20-13-6-5-8-17(20)15-27-19-11-3-2-4-12-19/h2-14H,15H2,1H3,(H,23,24). The Bertz CT molecular complexity index is 938. The van der Waals surface area contributed by atoms with Crippen molar-refractivity contribution < 1.29 is 19.1 Å². The molecule has 1 N–H and O–H groups in total. The zero-order valence-corrected chi connectivity index (χ0v) is 14.8. The van der Waals surface area contributed by atoms with Gasteiger partial charge in [0.2, 0.25) is 0 Å². The molecule has 0 heterocycles. The van der Waals surface area contributed by atoms with Gasteiger partial charge in [-0.1, -0.05) is 42.5 Å². The molecule has 0 aliphatic rings. The third-order valence-corrected chi connectivity index (χ3v) is 3.94. The van der Waals surface area contributed by atoms with Crippen LogP contribution in [0.1, 0.15) is 26.3 Å². The van der Waals surface area contributed by atoms with Crippen LogP contribution in [0.5, 0.6) is 5.75 Å². The Morgan fingerprint density at radius 2 is 1.63 bits per heavy atom. The maximum Gasteiger partial charge on any atom is 0.337 e. The maximum atomic E-state index is 12.7. The van der Waals surface area contributed by atoms with Crippen molar-refractivity contribution in [2.75, 3.05) is 12.4 Å². The predicted octanol–water partition coefficient (Wildman–Crippen LogP) is 4.30. The third kappa shape index (κ3) is 4.73. The van der Waals surface area contributed by atoms with Gasteiger partial charge in [-0.15, -0.1) is 0 Å². The zero-order valence-electron chi connectivity index (χ0n) is 14.8. The molecule has 0 radical (unpaired) electrons. The highest BCUT2D eigenvalue weighted by atomic mass is 16.5. The van der Waals surface area contributed by atoms with E-state index in [0.29, 0.717) is 16.8 Å². The van der Waals surface area contributed by atoms with Gasteiger partial charge >= 0.3 is 5.97 Å². The lowest BCUT2D eigenvalue weighted by Gasteiger charge is -2.12. The molecule has 27 heavy (non-hydrogen) atoms. The van der Waals surface area contributed by atoms with E-state index >= 15 is 0 Å². The van der Waals surface area contributed by atoms with Crippen LogP contribution >= 0.6 is 0 Å². The van der Waals surface area contributed by atoms with E-state index in [4.69, 9.17) is 9.47 Å². The van der Waals surface area contributed by atoms with Gasteiger partial charge in [0.05, 0.1) is 12.7 Å². The number of amides is 1. The quantitative estimate of drug-likeness (QED) is 0.665. The van der Waals surface area contributed by atoms with E-state index in [2.05, 4.69) is 5.32 Å². The number of nitrogens with one attached hydrogen (secondary N) is 1. The van der Waals surface area contributed by atoms with Crippen molar-refractivity contribution >= 4 is 17.6 Å². The molecule has 5 nitrogen and oxygen atoms in total. The molecule has 0 saturated carbocycles. The molecule has 0 atom stereocenters. The van der Waals surface area contributed by atoms with Crippen LogP contribution in [0.15, 0.2) is 78.9 Å². The summed E-state index contributed by atoms with van der Waals surface area (Å²) in [6.07, 6.45) is 0. The van der Waals surface area contributed by atoms with Crippen molar-refractivity contribution in [1.82, 2.24) is 0 Å². The molecule has 0 spiro atoms. The molecule has 0 aliphatic heterocycles. The summed E-state index contributed by atoms with van der Waals surface area (Å²) in [4.78, 5) is 24.4. The number of ether oxygens (including phenoxy) is 2. The smallest absolute Gasteiger partial charge is 0.337 e. The van der Waals surface area contributed by atoms with E-state index in [9.17, 15) is 9.59 Å². The van der Waals surface area contributed by atoms with Gasteiger partial charge in [-0.2, -0.15) is 0 Å². The van der Waals surface area contributed by atoms with Crippen LogP contribution in [0.3, 0.4) is 0 Å². The number of anilines is 1. The fourth-order valence-corrected chi connectivity index (χ4v) is 2.59. The van der Waals surface area contributed by atoms with Gasteiger partial charge < -0.3 is 14.8 Å². The molecule has 0 bridgehead atoms. The lowest BCUT2D eigenvalue weighted by Crippen LogP contribution is -2.15. The van der Waals surface area contributed by atoms with Crippen LogP contribution in [-0.2, 0) is 11.3 Å². The Hall–Kier alpha value is -3.60. The first-order valence-corrected chi connectivity index (χ1v) is 8.43. The highest BCUT2D eigenvalue weighted by molar-refractivity contribution is 6.05. The predicted molar refractivity (Wildman–Crippen MR) is 103 cm³/mol. The van der Waals surface area contributed by atoms with Crippen molar-refractivity contribution in [2.24, 2.45) is 0 Å². The van der Waals surface area contributed by atoms with Crippen molar-refractivity contribution in [2.45, 2.75) is 6.61 Å². The van der Waals surface area contributed by atoms with Crippen LogP contribution in [0, 0.1) is 0 Å². The molecule has 0 aliphatic carbocycles. The summed E-state index contributed by atoms with van der Waals surface area (Å²) in [6, 6.07) is 23.3. The van der Waals surface area contributed by atoms with Gasteiger partial charge in [0, 0.05) is 16.8 Å². The van der Waals surface area contributed by atoms with Crippen molar-refractivity contribution in [1.29, 1.82) is 0 Å². The molecule has 5 heteroatoms. The van der Waals surface area contributed by atoms with Crippen molar-refractivity contribution in [3.05, 3.63) is 95.6 Å². The Labute approximate surface area is 157 Å². The highest BCUT2D eigenvalue weighted by Crippen LogP contribution is 2.17. The average molecular weight is 361 g/mol. The van der Waals surface area contributed by atoms with Gasteiger partial charge in [0.25, 0.3) is 5.91 Å². The molecule has 1 amide bonds. The molecule has 3 rings (SSSR count). The van der Waals surface area contributed by atoms with Crippen LogP contribution in [0.2, 0.25) is 0 Å². The Morgan fingerprint density at radius 3 is 2.41 bits per heavy atom. The average Bonchev–Trinajstić information content (AvgIpc) is 2.72. The van der Waals surface area contributed by atoms with E-state index in [1.165, 1.54) is 7.11 Å². The molecule has 0 fully saturated rings. The maximum absolute atomic E-state index is 12.7. The normalized spacial score (nSPS) is 10.1. The second-order valence-corrected chi connectivity index (χ2v) is 5.79. The summed E-state index contributed by atoms with van der Waals surface area (Å²) in [6.45, 7) is 0.274. The largest absolute Gasteiger partial charge is 0.489 e. The first-order valence-electron chi connectivity index (χ1n) is 8.43. The molecule has 0 saturated heterocycles. The van der Waals surface area contributed by atoms with E-state index < -0.39 is 5.97 Å². The number of para-hydroxylation sites is 1. The van der Waals surface area contributed by atoms with Crippen molar-refractivity contribution in [3.8, 4) is 5.75 Å². The molecule has 136 valence electrons. The summed E-state index contributed by atoms with van der Waals surface area (Å²) >= 11 is 0. The number of carbonyl (C=O) groups is 2. The zero-order chi connectivity index (χ0) is 19.1. The van der Waals surface area contributed by atoms with Gasteiger partial charge in [-0.25, -0.2) is 4.79 Å². The second-order valence-electron chi connectivity index (χ2n) is 5.79. The number of rotatable bonds is 6. The van der Waals surface area contributed by atoms with E-state index in [0.717, 1.165) is 11.3 Å². The fourth-order valence-electron chi connectivity index (χ4n) is 2.59. The molecule has 3 aromatic rings. The molecule has 0 aromatic heterocycles. The minimum Gasteiger partial charge on any atom is -0.489 e. The van der Waals surface area contributed by atoms with Crippen LogP contribution in [0.25, 0.3) is 0 Å². The molecular weight excluding hydrogens is 342 g/mol. The summed E-state index contributed by atoms with van der Waals surface area (Å²) in [5.74, 6) is 0.00512. The molecular formula is C22H19NO4. The van der Waals surface area contributed by atoms with Gasteiger partial charge in [0.1, 0.15) is 12.4 Å². The lowest BCUT2D eigenvalue weighted by atomic mass is 10.1.